The Morgan fingerprint density at radius 1 is 0.655 bits per heavy atom. The Morgan fingerprint density at radius 2 is 1.31 bits per heavy atom. The maximum absolute atomic E-state index is 11.2. The van der Waals surface area contributed by atoms with Crippen molar-refractivity contribution < 1.29 is 5.11 Å². The molecule has 2 atom stereocenters. The molecule has 1 nitrogen and oxygen atoms in total. The van der Waals surface area contributed by atoms with E-state index in [0.29, 0.717) is 11.8 Å². The minimum atomic E-state index is -0.173. The molecule has 2 unspecified atom stereocenters. The lowest BCUT2D eigenvalue weighted by Crippen LogP contribution is -2.09. The Bertz CT molecular complexity index is 1110. The highest BCUT2D eigenvalue weighted by Gasteiger charge is 2.35. The summed E-state index contributed by atoms with van der Waals surface area (Å²) < 4.78 is 0. The molecule has 1 heteroatoms. The van der Waals surface area contributed by atoms with Gasteiger partial charge in [-0.25, -0.2) is 5.11 Å². The third-order valence-corrected chi connectivity index (χ3v) is 6.19. The van der Waals surface area contributed by atoms with Gasteiger partial charge in [0.25, 0.3) is 0 Å². The second kappa shape index (κ2) is 7.69. The zero-order chi connectivity index (χ0) is 19.6. The zero-order valence-corrected chi connectivity index (χ0v) is 16.3. The van der Waals surface area contributed by atoms with Gasteiger partial charge >= 0.3 is 0 Å². The van der Waals surface area contributed by atoms with Gasteiger partial charge in [0.05, 0.1) is 0 Å². The second-order valence-electron chi connectivity index (χ2n) is 7.83. The van der Waals surface area contributed by atoms with Gasteiger partial charge in [-0.1, -0.05) is 103 Å². The first kappa shape index (κ1) is 17.9. The molecule has 4 aromatic rings. The Kier molecular flexibility index (Phi) is 4.75. The van der Waals surface area contributed by atoms with Crippen molar-refractivity contribution in [1.29, 1.82) is 0 Å². The van der Waals surface area contributed by atoms with Crippen LogP contribution in [0, 0.1) is 0 Å². The molecule has 141 valence electrons. The summed E-state index contributed by atoms with van der Waals surface area (Å²) in [5.41, 5.74) is 8.90. The largest absolute Gasteiger partial charge is 0.232 e. The van der Waals surface area contributed by atoms with Crippen LogP contribution in [0.5, 0.6) is 0 Å². The molecule has 1 radical (unpaired) electrons. The third kappa shape index (κ3) is 3.28. The van der Waals surface area contributed by atoms with Gasteiger partial charge in [-0.2, -0.15) is 0 Å². The monoisotopic (exact) mass is 375 g/mol. The molecule has 0 saturated heterocycles. The molecule has 5 rings (SSSR count). The van der Waals surface area contributed by atoms with E-state index in [-0.39, 0.29) is 6.61 Å². The van der Waals surface area contributed by atoms with Crippen LogP contribution in [-0.4, -0.2) is 0 Å². The topological polar surface area (TPSA) is 19.9 Å². The van der Waals surface area contributed by atoms with Crippen LogP contribution >= 0.6 is 0 Å². The number of hydrogen-bond acceptors (Lipinski definition) is 0. The van der Waals surface area contributed by atoms with Crippen molar-refractivity contribution >= 4 is 0 Å². The molecule has 0 heterocycles. The molecule has 0 aliphatic heterocycles. The predicted octanol–water partition coefficient (Wildman–Crippen LogP) is 6.76. The fraction of sp³-hybridized carbons (Fsp3) is 0.143. The normalized spacial score (nSPS) is 17.8. The van der Waals surface area contributed by atoms with Crippen LogP contribution in [0.15, 0.2) is 103 Å². The van der Waals surface area contributed by atoms with Crippen LogP contribution in [0.2, 0.25) is 0 Å². The molecule has 0 saturated carbocycles. The van der Waals surface area contributed by atoms with Crippen molar-refractivity contribution in [3.8, 4) is 11.1 Å². The van der Waals surface area contributed by atoms with Crippen LogP contribution < -0.4 is 0 Å². The van der Waals surface area contributed by atoms with Crippen LogP contribution in [-0.2, 0) is 18.1 Å². The highest BCUT2D eigenvalue weighted by molar-refractivity contribution is 5.70. The fourth-order valence-corrected chi connectivity index (χ4v) is 4.80. The van der Waals surface area contributed by atoms with Gasteiger partial charge in [0.2, 0.25) is 0 Å². The van der Waals surface area contributed by atoms with Gasteiger partial charge in [-0.15, -0.1) is 0 Å². The molecule has 29 heavy (non-hydrogen) atoms. The first-order valence-corrected chi connectivity index (χ1v) is 10.2. The van der Waals surface area contributed by atoms with E-state index in [9.17, 15) is 5.11 Å². The Labute approximate surface area is 172 Å². The Morgan fingerprint density at radius 3 is 2.07 bits per heavy atom. The van der Waals surface area contributed by atoms with Crippen molar-refractivity contribution in [2.45, 2.75) is 24.9 Å². The molecular formula is C28H23O. The van der Waals surface area contributed by atoms with Crippen molar-refractivity contribution in [2.75, 3.05) is 0 Å². The SMILES string of the molecule is [O]Cc1ccc(-c2ccccc2C2c3ccccc3CC2c2ccccc2)cc1. The van der Waals surface area contributed by atoms with E-state index >= 15 is 0 Å². The maximum Gasteiger partial charge on any atom is 0.107 e. The fourth-order valence-electron chi connectivity index (χ4n) is 4.80. The highest BCUT2D eigenvalue weighted by atomic mass is 16.3. The van der Waals surface area contributed by atoms with Crippen molar-refractivity contribution in [3.05, 3.63) is 131 Å². The molecule has 1 aliphatic carbocycles. The molecule has 0 bridgehead atoms. The number of hydrogen-bond donors (Lipinski definition) is 0. The van der Waals surface area contributed by atoms with Crippen LogP contribution in [0.25, 0.3) is 11.1 Å². The van der Waals surface area contributed by atoms with E-state index in [4.69, 9.17) is 0 Å². The number of benzene rings is 4. The molecule has 0 amide bonds. The van der Waals surface area contributed by atoms with E-state index in [1.54, 1.807) is 0 Å². The molecule has 4 aromatic carbocycles. The summed E-state index contributed by atoms with van der Waals surface area (Å²) in [5.74, 6) is 0.750. The minimum absolute atomic E-state index is 0.173. The van der Waals surface area contributed by atoms with E-state index in [1.165, 1.54) is 33.4 Å². The van der Waals surface area contributed by atoms with E-state index in [0.717, 1.165) is 12.0 Å². The van der Waals surface area contributed by atoms with Gasteiger partial charge in [-0.3, -0.25) is 0 Å². The van der Waals surface area contributed by atoms with Crippen molar-refractivity contribution in [1.82, 2.24) is 0 Å². The second-order valence-corrected chi connectivity index (χ2v) is 7.83. The Balaban J connectivity index is 1.66. The molecule has 0 aromatic heterocycles. The Hall–Kier alpha value is -3.16. The summed E-state index contributed by atoms with van der Waals surface area (Å²) in [6, 6.07) is 36.6. The van der Waals surface area contributed by atoms with Crippen molar-refractivity contribution in [3.63, 3.8) is 0 Å². The van der Waals surface area contributed by atoms with Gasteiger partial charge in [0, 0.05) is 5.92 Å². The standard InChI is InChI=1S/C28H23O/c29-19-20-14-16-22(17-15-20)24-11-6-7-13-26(24)28-25-12-5-4-10-23(25)18-27(28)21-8-2-1-3-9-21/h1-17,27-28H,18-19H2. The molecule has 0 fully saturated rings. The average molecular weight is 375 g/mol. The number of fused-ring (bicyclic) bond motifs is 1. The van der Waals surface area contributed by atoms with Crippen LogP contribution in [0.1, 0.15) is 39.7 Å². The summed E-state index contributed by atoms with van der Waals surface area (Å²) in [6.07, 6.45) is 1.06. The van der Waals surface area contributed by atoms with Gasteiger partial charge < -0.3 is 0 Å². The van der Waals surface area contributed by atoms with Gasteiger partial charge in [0.15, 0.2) is 0 Å². The lowest BCUT2D eigenvalue weighted by atomic mass is 9.79. The predicted molar refractivity (Wildman–Crippen MR) is 117 cm³/mol. The van der Waals surface area contributed by atoms with Crippen molar-refractivity contribution in [2.24, 2.45) is 0 Å². The quantitative estimate of drug-likeness (QED) is 0.376. The lowest BCUT2D eigenvalue weighted by molar-refractivity contribution is 0.177. The average Bonchev–Trinajstić information content (AvgIpc) is 3.19. The summed E-state index contributed by atoms with van der Waals surface area (Å²) >= 11 is 0. The van der Waals surface area contributed by atoms with Crippen LogP contribution in [0.4, 0.5) is 0 Å². The first-order valence-electron chi connectivity index (χ1n) is 10.2. The van der Waals surface area contributed by atoms with Gasteiger partial charge in [0.1, 0.15) is 6.61 Å². The maximum atomic E-state index is 11.2. The summed E-state index contributed by atoms with van der Waals surface area (Å²) in [7, 11) is 0. The van der Waals surface area contributed by atoms with E-state index < -0.39 is 0 Å². The van der Waals surface area contributed by atoms with E-state index in [1.807, 2.05) is 12.1 Å². The summed E-state index contributed by atoms with van der Waals surface area (Å²) in [6.45, 7) is -0.173. The molecule has 0 N–H and O–H groups in total. The smallest absolute Gasteiger partial charge is 0.107 e. The minimum Gasteiger partial charge on any atom is -0.232 e. The molecular weight excluding hydrogens is 352 g/mol. The van der Waals surface area contributed by atoms with Crippen LogP contribution in [0.3, 0.4) is 0 Å². The summed E-state index contributed by atoms with van der Waals surface area (Å²) in [5, 5.41) is 11.2. The third-order valence-electron chi connectivity index (χ3n) is 6.19. The lowest BCUT2D eigenvalue weighted by Gasteiger charge is -2.24. The van der Waals surface area contributed by atoms with Gasteiger partial charge in [-0.05, 0) is 51.3 Å². The first-order chi connectivity index (χ1) is 14.3. The highest BCUT2D eigenvalue weighted by Crippen LogP contribution is 2.49. The number of rotatable bonds is 4. The summed E-state index contributed by atoms with van der Waals surface area (Å²) in [4.78, 5) is 0. The molecule has 1 aliphatic rings. The molecule has 0 spiro atoms. The zero-order valence-electron chi connectivity index (χ0n) is 16.3. The van der Waals surface area contributed by atoms with E-state index in [2.05, 4.69) is 91.0 Å².